The molecule has 6 heteroatoms. The lowest BCUT2D eigenvalue weighted by Crippen LogP contribution is -2.25. The molecular weight excluding hydrogens is 322 g/mol. The summed E-state index contributed by atoms with van der Waals surface area (Å²) >= 11 is 5.04. The minimum absolute atomic E-state index is 0.325. The van der Waals surface area contributed by atoms with Crippen LogP contribution >= 0.6 is 27.7 Å². The second kappa shape index (κ2) is 7.41. The minimum atomic E-state index is -3.34. The Kier molecular flexibility index (Phi) is 6.54. The van der Waals surface area contributed by atoms with Crippen LogP contribution in [0.4, 0.5) is 0 Å². The molecular formula is C11H16BrNO2S2. The smallest absolute Gasteiger partial charge is 0.211 e. The molecule has 0 fully saturated rings. The maximum Gasteiger partial charge on any atom is 0.240 e. The maximum absolute atomic E-state index is 11.9. The molecule has 0 saturated heterocycles. The summed E-state index contributed by atoms with van der Waals surface area (Å²) in [6, 6.07) is 6.89. The number of thioether (sulfide) groups is 1. The number of benzene rings is 1. The van der Waals surface area contributed by atoms with Gasteiger partial charge in [0.1, 0.15) is 0 Å². The van der Waals surface area contributed by atoms with Gasteiger partial charge in [0.2, 0.25) is 10.0 Å². The molecule has 0 aliphatic carbocycles. The molecule has 0 aromatic heterocycles. The third-order valence-electron chi connectivity index (χ3n) is 2.21. The molecule has 0 bridgehead atoms. The molecule has 0 radical (unpaired) electrons. The van der Waals surface area contributed by atoms with E-state index in [1.807, 2.05) is 18.4 Å². The average Bonchev–Trinajstić information content (AvgIpc) is 2.35. The molecule has 0 saturated carbocycles. The molecule has 1 N–H and O–H groups in total. The van der Waals surface area contributed by atoms with Crippen LogP contribution in [0.15, 0.2) is 29.2 Å². The van der Waals surface area contributed by atoms with Crippen molar-refractivity contribution in [3.8, 4) is 0 Å². The van der Waals surface area contributed by atoms with Gasteiger partial charge in [-0.25, -0.2) is 13.1 Å². The van der Waals surface area contributed by atoms with Gasteiger partial charge in [-0.15, -0.1) is 0 Å². The lowest BCUT2D eigenvalue weighted by atomic mass is 10.2. The third kappa shape index (κ3) is 4.99. The van der Waals surface area contributed by atoms with Crippen molar-refractivity contribution < 1.29 is 8.42 Å². The number of alkyl halides is 1. The van der Waals surface area contributed by atoms with E-state index >= 15 is 0 Å². The first-order valence-electron chi connectivity index (χ1n) is 5.23. The van der Waals surface area contributed by atoms with E-state index in [1.54, 1.807) is 23.9 Å². The van der Waals surface area contributed by atoms with Crippen LogP contribution < -0.4 is 4.72 Å². The molecule has 96 valence electrons. The summed E-state index contributed by atoms with van der Waals surface area (Å²) < 4.78 is 26.3. The fourth-order valence-electron chi connectivity index (χ4n) is 1.26. The Hall–Kier alpha value is -0.0400. The Labute approximate surface area is 116 Å². The maximum atomic E-state index is 11.9. The van der Waals surface area contributed by atoms with Gasteiger partial charge < -0.3 is 0 Å². The van der Waals surface area contributed by atoms with Crippen LogP contribution in [0.5, 0.6) is 0 Å². The third-order valence-corrected chi connectivity index (χ3v) is 5.03. The Bertz CT molecular complexity index is 431. The van der Waals surface area contributed by atoms with E-state index in [4.69, 9.17) is 0 Å². The molecule has 17 heavy (non-hydrogen) atoms. The highest BCUT2D eigenvalue weighted by molar-refractivity contribution is 9.08. The Morgan fingerprint density at radius 2 is 1.94 bits per heavy atom. The Morgan fingerprint density at radius 3 is 2.47 bits per heavy atom. The summed E-state index contributed by atoms with van der Waals surface area (Å²) in [5.41, 5.74) is 1.06. The molecule has 1 aromatic rings. The zero-order chi connectivity index (χ0) is 12.7. The van der Waals surface area contributed by atoms with Crippen molar-refractivity contribution in [3.63, 3.8) is 0 Å². The van der Waals surface area contributed by atoms with Crippen molar-refractivity contribution in [1.29, 1.82) is 0 Å². The average molecular weight is 338 g/mol. The van der Waals surface area contributed by atoms with Crippen LogP contribution in [0.3, 0.4) is 0 Å². The summed E-state index contributed by atoms with van der Waals surface area (Å²) in [6.07, 6.45) is 2.85. The van der Waals surface area contributed by atoms with E-state index < -0.39 is 10.0 Å². The topological polar surface area (TPSA) is 46.2 Å². The number of halogens is 1. The van der Waals surface area contributed by atoms with Gasteiger partial charge in [0.05, 0.1) is 4.90 Å². The monoisotopic (exact) mass is 337 g/mol. The number of nitrogens with one attached hydrogen (secondary N) is 1. The van der Waals surface area contributed by atoms with Crippen LogP contribution in [0.25, 0.3) is 0 Å². The molecule has 0 atom stereocenters. The van der Waals surface area contributed by atoms with E-state index in [0.717, 1.165) is 23.1 Å². The first-order chi connectivity index (χ1) is 8.10. The lowest BCUT2D eigenvalue weighted by Gasteiger charge is -2.06. The summed E-state index contributed by atoms with van der Waals surface area (Å²) in [4.78, 5) is 0.325. The van der Waals surface area contributed by atoms with Crippen molar-refractivity contribution in [2.24, 2.45) is 0 Å². The summed E-state index contributed by atoms with van der Waals surface area (Å²) in [5.74, 6) is 0.963. The number of hydrogen-bond donors (Lipinski definition) is 1. The van der Waals surface area contributed by atoms with Gasteiger partial charge in [-0.3, -0.25) is 0 Å². The molecule has 0 heterocycles. The van der Waals surface area contributed by atoms with Crippen LogP contribution in [0, 0.1) is 0 Å². The predicted molar refractivity (Wildman–Crippen MR) is 77.3 cm³/mol. The largest absolute Gasteiger partial charge is 0.240 e. The highest BCUT2D eigenvalue weighted by Gasteiger charge is 2.12. The molecule has 1 aromatic carbocycles. The fourth-order valence-corrected chi connectivity index (χ4v) is 3.15. The first kappa shape index (κ1) is 15.0. The zero-order valence-corrected chi connectivity index (χ0v) is 12.9. The van der Waals surface area contributed by atoms with Gasteiger partial charge in [-0.1, -0.05) is 28.1 Å². The van der Waals surface area contributed by atoms with Crippen LogP contribution in [-0.4, -0.2) is 27.0 Å². The highest BCUT2D eigenvalue weighted by Crippen LogP contribution is 2.12. The molecule has 0 aliphatic heterocycles. The molecule has 1 rings (SSSR count). The Morgan fingerprint density at radius 1 is 1.29 bits per heavy atom. The van der Waals surface area contributed by atoms with Crippen molar-refractivity contribution in [1.82, 2.24) is 4.72 Å². The van der Waals surface area contributed by atoms with Gasteiger partial charge in [0.25, 0.3) is 0 Å². The van der Waals surface area contributed by atoms with Gasteiger partial charge >= 0.3 is 0 Å². The Balaban J connectivity index is 2.62. The predicted octanol–water partition coefficient (Wildman–Crippen LogP) is 2.61. The van der Waals surface area contributed by atoms with Crippen LogP contribution in [-0.2, 0) is 15.4 Å². The van der Waals surface area contributed by atoms with Gasteiger partial charge in [0, 0.05) is 11.9 Å². The molecule has 0 unspecified atom stereocenters. The minimum Gasteiger partial charge on any atom is -0.211 e. The second-order valence-corrected chi connectivity index (χ2v) is 6.83. The van der Waals surface area contributed by atoms with E-state index in [1.165, 1.54) is 0 Å². The number of rotatable bonds is 7. The number of hydrogen-bond acceptors (Lipinski definition) is 3. The molecule has 0 spiro atoms. The van der Waals surface area contributed by atoms with E-state index in [9.17, 15) is 8.42 Å². The van der Waals surface area contributed by atoms with E-state index in [0.29, 0.717) is 11.4 Å². The van der Waals surface area contributed by atoms with Gasteiger partial charge in [-0.2, -0.15) is 11.8 Å². The van der Waals surface area contributed by atoms with Crippen LogP contribution in [0.1, 0.15) is 12.0 Å². The lowest BCUT2D eigenvalue weighted by molar-refractivity contribution is 0.581. The van der Waals surface area contributed by atoms with Crippen molar-refractivity contribution in [2.75, 3.05) is 18.6 Å². The van der Waals surface area contributed by atoms with E-state index in [2.05, 4.69) is 20.7 Å². The fraction of sp³-hybridized carbons (Fsp3) is 0.455. The molecule has 0 amide bonds. The number of sulfonamides is 1. The molecule has 0 aliphatic rings. The van der Waals surface area contributed by atoms with Crippen molar-refractivity contribution in [2.45, 2.75) is 16.6 Å². The van der Waals surface area contributed by atoms with E-state index in [-0.39, 0.29) is 0 Å². The van der Waals surface area contributed by atoms with Crippen LogP contribution in [0.2, 0.25) is 0 Å². The standard InChI is InChI=1S/C11H16BrNO2S2/c1-16-8-2-7-13-17(14,15)11-5-3-10(9-12)4-6-11/h3-6,13H,2,7-9H2,1H3. The highest BCUT2D eigenvalue weighted by atomic mass is 79.9. The van der Waals surface area contributed by atoms with Gasteiger partial charge in [-0.05, 0) is 36.1 Å². The summed E-state index contributed by atoms with van der Waals surface area (Å²) in [7, 11) is -3.34. The summed E-state index contributed by atoms with van der Waals surface area (Å²) in [5, 5.41) is 0.731. The normalized spacial score (nSPS) is 11.6. The van der Waals surface area contributed by atoms with Gasteiger partial charge in [0.15, 0.2) is 0 Å². The SMILES string of the molecule is CSCCCNS(=O)(=O)c1ccc(CBr)cc1. The second-order valence-electron chi connectivity index (χ2n) is 3.52. The molecule has 3 nitrogen and oxygen atoms in total. The van der Waals surface area contributed by atoms with Crippen molar-refractivity contribution in [3.05, 3.63) is 29.8 Å². The zero-order valence-electron chi connectivity index (χ0n) is 9.65. The first-order valence-corrected chi connectivity index (χ1v) is 9.23. The summed E-state index contributed by atoms with van der Waals surface area (Å²) in [6.45, 7) is 0.489. The quantitative estimate of drug-likeness (QED) is 0.614. The van der Waals surface area contributed by atoms with Crippen molar-refractivity contribution >= 4 is 37.7 Å².